The molecule has 0 saturated heterocycles. The van der Waals surface area contributed by atoms with E-state index in [4.69, 9.17) is 17.0 Å². The molecule has 0 fully saturated rings. The van der Waals surface area contributed by atoms with Crippen LogP contribution in [0.1, 0.15) is 24.2 Å². The van der Waals surface area contributed by atoms with Gasteiger partial charge in [0.15, 0.2) is 0 Å². The Labute approximate surface area is 164 Å². The lowest BCUT2D eigenvalue weighted by atomic mass is 10.1. The van der Waals surface area contributed by atoms with Crippen LogP contribution in [0.15, 0.2) is 66.7 Å². The molecule has 3 aromatic rings. The molecule has 0 bridgehead atoms. The standard InChI is InChI=1S/C22H22N2O2S/c1-15(2)14-23-22(27)26-18-10-5-9-17(13-18)21(25)24-20-12-6-8-16-7-3-4-11-19(16)20/h3-13,15H,14H2,1-2H3,(H,23,27)(H,24,25). The van der Waals surface area contributed by atoms with Crippen molar-refractivity contribution in [1.82, 2.24) is 5.32 Å². The summed E-state index contributed by atoms with van der Waals surface area (Å²) in [4.78, 5) is 12.7. The van der Waals surface area contributed by atoms with E-state index in [1.807, 2.05) is 42.5 Å². The van der Waals surface area contributed by atoms with Gasteiger partial charge in [-0.15, -0.1) is 0 Å². The van der Waals surface area contributed by atoms with Crippen molar-refractivity contribution in [2.45, 2.75) is 13.8 Å². The lowest BCUT2D eigenvalue weighted by Crippen LogP contribution is -2.29. The molecule has 138 valence electrons. The number of nitrogens with one attached hydrogen (secondary N) is 2. The van der Waals surface area contributed by atoms with Crippen LogP contribution in [0, 0.1) is 5.92 Å². The number of ether oxygens (including phenoxy) is 1. The molecule has 1 amide bonds. The van der Waals surface area contributed by atoms with Crippen molar-refractivity contribution in [2.24, 2.45) is 5.92 Å². The fourth-order valence-electron chi connectivity index (χ4n) is 2.66. The number of amides is 1. The van der Waals surface area contributed by atoms with Gasteiger partial charge in [0.2, 0.25) is 0 Å². The molecule has 0 saturated carbocycles. The van der Waals surface area contributed by atoms with E-state index < -0.39 is 0 Å². The van der Waals surface area contributed by atoms with E-state index in [1.54, 1.807) is 24.3 Å². The van der Waals surface area contributed by atoms with Crippen LogP contribution in [0.4, 0.5) is 5.69 Å². The van der Waals surface area contributed by atoms with Crippen molar-refractivity contribution in [3.63, 3.8) is 0 Å². The van der Waals surface area contributed by atoms with Crippen molar-refractivity contribution < 1.29 is 9.53 Å². The van der Waals surface area contributed by atoms with Gasteiger partial charge in [0.1, 0.15) is 5.75 Å². The zero-order valence-electron chi connectivity index (χ0n) is 15.4. The van der Waals surface area contributed by atoms with Gasteiger partial charge in [-0.1, -0.05) is 56.3 Å². The van der Waals surface area contributed by atoms with Crippen molar-refractivity contribution in [2.75, 3.05) is 11.9 Å². The van der Waals surface area contributed by atoms with E-state index in [-0.39, 0.29) is 5.91 Å². The molecule has 0 aliphatic heterocycles. The lowest BCUT2D eigenvalue weighted by Gasteiger charge is -2.12. The summed E-state index contributed by atoms with van der Waals surface area (Å²) in [5.41, 5.74) is 1.28. The molecule has 0 spiro atoms. The highest BCUT2D eigenvalue weighted by molar-refractivity contribution is 7.80. The molecule has 3 rings (SSSR count). The van der Waals surface area contributed by atoms with E-state index in [9.17, 15) is 4.79 Å². The number of hydrogen-bond acceptors (Lipinski definition) is 3. The van der Waals surface area contributed by atoms with Crippen molar-refractivity contribution in [3.05, 3.63) is 72.3 Å². The predicted molar refractivity (Wildman–Crippen MR) is 114 cm³/mol. The second kappa shape index (κ2) is 8.64. The second-order valence-corrected chi connectivity index (χ2v) is 7.04. The molecule has 5 heteroatoms. The summed E-state index contributed by atoms with van der Waals surface area (Å²) in [5.74, 6) is 0.795. The minimum Gasteiger partial charge on any atom is -0.432 e. The second-order valence-electron chi connectivity index (χ2n) is 6.67. The lowest BCUT2D eigenvalue weighted by molar-refractivity contribution is 0.102. The molecular formula is C22H22N2O2S. The number of rotatable bonds is 5. The molecule has 0 unspecified atom stereocenters. The Morgan fingerprint density at radius 1 is 1.04 bits per heavy atom. The predicted octanol–water partition coefficient (Wildman–Crippen LogP) is 5.00. The van der Waals surface area contributed by atoms with Gasteiger partial charge in [0.05, 0.1) is 0 Å². The van der Waals surface area contributed by atoms with Crippen LogP contribution < -0.4 is 15.4 Å². The SMILES string of the molecule is CC(C)CNC(=S)Oc1cccc(C(=O)Nc2cccc3ccccc23)c1. The summed E-state index contributed by atoms with van der Waals surface area (Å²) in [6, 6.07) is 20.8. The number of carbonyl (C=O) groups excluding carboxylic acids is 1. The summed E-state index contributed by atoms with van der Waals surface area (Å²) >= 11 is 5.19. The van der Waals surface area contributed by atoms with Gasteiger partial charge in [-0.3, -0.25) is 4.79 Å². The molecule has 4 nitrogen and oxygen atoms in total. The van der Waals surface area contributed by atoms with Crippen molar-refractivity contribution >= 4 is 39.8 Å². The van der Waals surface area contributed by atoms with Crippen LogP contribution in [-0.2, 0) is 0 Å². The molecule has 0 aromatic heterocycles. The van der Waals surface area contributed by atoms with Crippen LogP contribution in [0.2, 0.25) is 0 Å². The average molecular weight is 378 g/mol. The Balaban J connectivity index is 1.72. The van der Waals surface area contributed by atoms with E-state index >= 15 is 0 Å². The smallest absolute Gasteiger partial charge is 0.262 e. The maximum Gasteiger partial charge on any atom is 0.262 e. The summed E-state index contributed by atoms with van der Waals surface area (Å²) < 4.78 is 5.62. The Bertz CT molecular complexity index is 964. The third kappa shape index (κ3) is 5.05. The largest absolute Gasteiger partial charge is 0.432 e. The number of thiocarbonyl (C=S) groups is 1. The number of hydrogen-bond donors (Lipinski definition) is 2. The molecule has 0 aliphatic carbocycles. The van der Waals surface area contributed by atoms with E-state index in [0.29, 0.717) is 22.4 Å². The number of anilines is 1. The molecule has 0 atom stereocenters. The van der Waals surface area contributed by atoms with Crippen molar-refractivity contribution in [1.29, 1.82) is 0 Å². The Kier molecular flexibility index (Phi) is 6.04. The molecule has 3 aromatic carbocycles. The Morgan fingerprint density at radius 3 is 2.59 bits per heavy atom. The first-order valence-electron chi connectivity index (χ1n) is 8.88. The molecule has 0 aliphatic rings. The molecule has 0 radical (unpaired) electrons. The molecule has 2 N–H and O–H groups in total. The van der Waals surface area contributed by atoms with Gasteiger partial charge in [-0.05, 0) is 47.8 Å². The highest BCUT2D eigenvalue weighted by Crippen LogP contribution is 2.24. The zero-order chi connectivity index (χ0) is 19.2. The number of benzene rings is 3. The van der Waals surface area contributed by atoms with Gasteiger partial charge >= 0.3 is 0 Å². The van der Waals surface area contributed by atoms with E-state index in [2.05, 4.69) is 24.5 Å². The van der Waals surface area contributed by atoms with Crippen LogP contribution >= 0.6 is 12.2 Å². The van der Waals surface area contributed by atoms with Crippen LogP contribution in [0.5, 0.6) is 5.75 Å². The van der Waals surface area contributed by atoms with E-state index in [0.717, 1.165) is 23.0 Å². The highest BCUT2D eigenvalue weighted by atomic mass is 32.1. The van der Waals surface area contributed by atoms with Gasteiger partial charge in [-0.2, -0.15) is 0 Å². The first kappa shape index (κ1) is 18.9. The fourth-order valence-corrected chi connectivity index (χ4v) is 2.84. The van der Waals surface area contributed by atoms with Crippen LogP contribution in [0.25, 0.3) is 10.8 Å². The summed E-state index contributed by atoms with van der Waals surface area (Å²) in [6.07, 6.45) is 0. The maximum absolute atomic E-state index is 12.7. The number of carbonyl (C=O) groups is 1. The molecule has 27 heavy (non-hydrogen) atoms. The summed E-state index contributed by atoms with van der Waals surface area (Å²) in [6.45, 7) is 4.92. The first-order valence-corrected chi connectivity index (χ1v) is 9.28. The average Bonchev–Trinajstić information content (AvgIpc) is 2.67. The molecule has 0 heterocycles. The minimum atomic E-state index is -0.196. The quantitative estimate of drug-likeness (QED) is 0.613. The molecular weight excluding hydrogens is 356 g/mol. The highest BCUT2D eigenvalue weighted by Gasteiger charge is 2.10. The Hall–Kier alpha value is -2.92. The number of fused-ring (bicyclic) bond motifs is 1. The van der Waals surface area contributed by atoms with Gasteiger partial charge in [0.25, 0.3) is 11.1 Å². The maximum atomic E-state index is 12.7. The minimum absolute atomic E-state index is 0.196. The van der Waals surface area contributed by atoms with Gasteiger partial charge in [0, 0.05) is 23.2 Å². The van der Waals surface area contributed by atoms with Gasteiger partial charge < -0.3 is 15.4 Å². The summed E-state index contributed by atoms with van der Waals surface area (Å²) in [5, 5.41) is 8.41. The fraction of sp³-hybridized carbons (Fsp3) is 0.182. The topological polar surface area (TPSA) is 50.4 Å². The first-order chi connectivity index (χ1) is 13.0. The third-order valence-electron chi connectivity index (χ3n) is 4.00. The zero-order valence-corrected chi connectivity index (χ0v) is 16.2. The normalized spacial score (nSPS) is 10.6. The monoisotopic (exact) mass is 378 g/mol. The Morgan fingerprint density at radius 2 is 1.78 bits per heavy atom. The van der Waals surface area contributed by atoms with Crippen LogP contribution in [0.3, 0.4) is 0 Å². The summed E-state index contributed by atoms with van der Waals surface area (Å²) in [7, 11) is 0. The van der Waals surface area contributed by atoms with Crippen molar-refractivity contribution in [3.8, 4) is 5.75 Å². The van der Waals surface area contributed by atoms with E-state index in [1.165, 1.54) is 0 Å². The van der Waals surface area contributed by atoms with Crippen LogP contribution in [-0.4, -0.2) is 17.6 Å². The van der Waals surface area contributed by atoms with Gasteiger partial charge in [-0.25, -0.2) is 0 Å². The third-order valence-corrected chi connectivity index (χ3v) is 4.23.